The van der Waals surface area contributed by atoms with Gasteiger partial charge in [0.25, 0.3) is 5.91 Å². The molecule has 0 unspecified atom stereocenters. The number of aromatic nitrogens is 3. The van der Waals surface area contributed by atoms with Gasteiger partial charge >= 0.3 is 0 Å². The lowest BCUT2D eigenvalue weighted by atomic mass is 10.1. The largest absolute Gasteiger partial charge is 0.353 e. The molecule has 2 aromatic heterocycles. The summed E-state index contributed by atoms with van der Waals surface area (Å²) in [6.45, 7) is 3.20. The normalized spacial score (nSPS) is 13.9. The van der Waals surface area contributed by atoms with E-state index in [2.05, 4.69) is 25.1 Å². The third-order valence-corrected chi connectivity index (χ3v) is 5.75. The zero-order chi connectivity index (χ0) is 21.9. The molecular weight excluding hydrogens is 424 g/mol. The Bertz CT molecular complexity index is 1260. The van der Waals surface area contributed by atoms with Gasteiger partial charge in [0.05, 0.1) is 5.56 Å². The number of piperazine rings is 1. The van der Waals surface area contributed by atoms with Crippen LogP contribution in [0.2, 0.25) is 5.02 Å². The summed E-state index contributed by atoms with van der Waals surface area (Å²) in [6.07, 6.45) is 5.18. The number of benzene rings is 2. The van der Waals surface area contributed by atoms with Gasteiger partial charge in [0.15, 0.2) is 0 Å². The van der Waals surface area contributed by atoms with Crippen molar-refractivity contribution in [3.63, 3.8) is 0 Å². The minimum atomic E-state index is -0.214. The molecule has 160 valence electrons. The van der Waals surface area contributed by atoms with Gasteiger partial charge in [-0.05, 0) is 29.7 Å². The van der Waals surface area contributed by atoms with E-state index in [4.69, 9.17) is 16.6 Å². The van der Waals surface area contributed by atoms with E-state index in [1.54, 1.807) is 36.8 Å². The fraction of sp³-hybridized carbons (Fsp3) is 0.167. The Morgan fingerprint density at radius 2 is 1.56 bits per heavy atom. The van der Waals surface area contributed by atoms with Crippen LogP contribution in [-0.2, 0) is 0 Å². The number of fused-ring (bicyclic) bond motifs is 1. The minimum absolute atomic E-state index is 0.214. The van der Waals surface area contributed by atoms with Crippen LogP contribution >= 0.6 is 11.6 Å². The van der Waals surface area contributed by atoms with Crippen LogP contribution in [0.1, 0.15) is 10.4 Å². The molecule has 0 aliphatic carbocycles. The third-order valence-electron chi connectivity index (χ3n) is 5.52. The number of anilines is 3. The van der Waals surface area contributed by atoms with Crippen molar-refractivity contribution in [2.75, 3.05) is 41.3 Å². The van der Waals surface area contributed by atoms with Gasteiger partial charge in [-0.25, -0.2) is 15.0 Å². The number of hydrogen-bond donors (Lipinski definition) is 1. The molecular formula is C24H21ClN6O. The van der Waals surface area contributed by atoms with Crippen LogP contribution in [0.4, 0.5) is 17.5 Å². The first-order valence-electron chi connectivity index (χ1n) is 10.4. The highest BCUT2D eigenvalue weighted by atomic mass is 35.5. The summed E-state index contributed by atoms with van der Waals surface area (Å²) in [5.74, 6) is 1.42. The van der Waals surface area contributed by atoms with Gasteiger partial charge < -0.3 is 15.1 Å². The first-order chi connectivity index (χ1) is 15.7. The Labute approximate surface area is 190 Å². The van der Waals surface area contributed by atoms with Crippen molar-refractivity contribution < 1.29 is 4.79 Å². The van der Waals surface area contributed by atoms with Crippen molar-refractivity contribution >= 4 is 45.7 Å². The summed E-state index contributed by atoms with van der Waals surface area (Å²) in [5.41, 5.74) is 1.18. The van der Waals surface area contributed by atoms with Gasteiger partial charge in [0.1, 0.15) is 5.82 Å². The molecule has 0 radical (unpaired) electrons. The van der Waals surface area contributed by atoms with E-state index < -0.39 is 0 Å². The van der Waals surface area contributed by atoms with E-state index in [9.17, 15) is 4.79 Å². The van der Waals surface area contributed by atoms with Gasteiger partial charge in [-0.3, -0.25) is 4.79 Å². The molecule has 2 aromatic carbocycles. The molecule has 3 heterocycles. The van der Waals surface area contributed by atoms with Crippen LogP contribution in [0.15, 0.2) is 73.2 Å². The van der Waals surface area contributed by atoms with Crippen molar-refractivity contribution in [3.05, 3.63) is 83.8 Å². The molecule has 1 fully saturated rings. The van der Waals surface area contributed by atoms with Gasteiger partial charge in [-0.2, -0.15) is 0 Å². The monoisotopic (exact) mass is 444 g/mol. The summed E-state index contributed by atoms with van der Waals surface area (Å²) < 4.78 is 0. The highest BCUT2D eigenvalue weighted by Crippen LogP contribution is 2.29. The fourth-order valence-corrected chi connectivity index (χ4v) is 4.14. The Morgan fingerprint density at radius 3 is 2.31 bits per heavy atom. The molecule has 32 heavy (non-hydrogen) atoms. The molecule has 4 aromatic rings. The maximum absolute atomic E-state index is 13.0. The van der Waals surface area contributed by atoms with E-state index in [-0.39, 0.29) is 5.91 Å². The maximum Gasteiger partial charge on any atom is 0.257 e. The fourth-order valence-electron chi connectivity index (χ4n) is 3.95. The zero-order valence-corrected chi connectivity index (χ0v) is 18.0. The van der Waals surface area contributed by atoms with E-state index in [0.29, 0.717) is 16.3 Å². The third kappa shape index (κ3) is 4.07. The topological polar surface area (TPSA) is 74.2 Å². The number of pyridine rings is 1. The van der Waals surface area contributed by atoms with Gasteiger partial charge in [0, 0.05) is 60.9 Å². The average molecular weight is 445 g/mol. The molecule has 0 saturated carbocycles. The minimum Gasteiger partial charge on any atom is -0.353 e. The number of hydrogen-bond acceptors (Lipinski definition) is 6. The zero-order valence-electron chi connectivity index (χ0n) is 17.3. The number of nitrogens with one attached hydrogen (secondary N) is 1. The number of nitrogens with zero attached hydrogens (tertiary/aromatic N) is 5. The Hall–Kier alpha value is -3.71. The second-order valence-electron chi connectivity index (χ2n) is 7.53. The predicted molar refractivity (Wildman–Crippen MR) is 128 cm³/mol. The highest BCUT2D eigenvalue weighted by molar-refractivity contribution is 6.31. The summed E-state index contributed by atoms with van der Waals surface area (Å²) in [5, 5.41) is 5.31. The number of carbonyl (C=O) groups excluding carboxylic acids is 1. The first kappa shape index (κ1) is 20.2. The lowest BCUT2D eigenvalue weighted by Gasteiger charge is -2.35. The van der Waals surface area contributed by atoms with Crippen LogP contribution in [0, 0.1) is 0 Å². The molecule has 1 aliphatic heterocycles. The number of rotatable bonds is 4. The van der Waals surface area contributed by atoms with Crippen LogP contribution in [0.5, 0.6) is 0 Å². The van der Waals surface area contributed by atoms with Crippen LogP contribution in [-0.4, -0.2) is 47.0 Å². The van der Waals surface area contributed by atoms with E-state index in [1.807, 2.05) is 36.4 Å². The van der Waals surface area contributed by atoms with Gasteiger partial charge in [-0.15, -0.1) is 0 Å². The second-order valence-corrected chi connectivity index (χ2v) is 7.96. The highest BCUT2D eigenvalue weighted by Gasteiger charge is 2.22. The van der Waals surface area contributed by atoms with E-state index in [1.165, 1.54) is 0 Å². The average Bonchev–Trinajstić information content (AvgIpc) is 2.84. The molecule has 1 aliphatic rings. The molecule has 5 rings (SSSR count). The standard InChI is InChI=1S/C24H21ClN6O/c25-17-5-3-6-18(15-17)29-23(32)21-16-28-22(20-8-2-1-7-19(20)21)30-11-13-31(14-12-30)24-26-9-4-10-27-24/h1-10,15-16H,11-14H2,(H,29,32). The van der Waals surface area contributed by atoms with Crippen molar-refractivity contribution in [2.24, 2.45) is 0 Å². The van der Waals surface area contributed by atoms with Crippen molar-refractivity contribution in [1.29, 1.82) is 0 Å². The molecule has 0 atom stereocenters. The van der Waals surface area contributed by atoms with Gasteiger partial charge in [-0.1, -0.05) is 41.9 Å². The first-order valence-corrected chi connectivity index (χ1v) is 10.8. The number of halogens is 1. The predicted octanol–water partition coefficient (Wildman–Crippen LogP) is 4.26. The summed E-state index contributed by atoms with van der Waals surface area (Å²) in [7, 11) is 0. The van der Waals surface area contributed by atoms with Crippen molar-refractivity contribution in [3.8, 4) is 0 Å². The van der Waals surface area contributed by atoms with E-state index >= 15 is 0 Å². The van der Waals surface area contributed by atoms with Crippen LogP contribution in [0.25, 0.3) is 10.8 Å². The number of amides is 1. The molecule has 1 amide bonds. The van der Waals surface area contributed by atoms with Crippen molar-refractivity contribution in [1.82, 2.24) is 15.0 Å². The molecule has 0 bridgehead atoms. The summed E-state index contributed by atoms with van der Waals surface area (Å²) in [4.78, 5) is 30.8. The Morgan fingerprint density at radius 1 is 0.844 bits per heavy atom. The molecule has 0 spiro atoms. The summed E-state index contributed by atoms with van der Waals surface area (Å²) >= 11 is 6.05. The molecule has 1 saturated heterocycles. The SMILES string of the molecule is O=C(Nc1cccc(Cl)c1)c1cnc(N2CCN(c3ncccn3)CC2)c2ccccc12. The van der Waals surface area contributed by atoms with E-state index in [0.717, 1.165) is 48.7 Å². The maximum atomic E-state index is 13.0. The Balaban J connectivity index is 1.40. The second kappa shape index (κ2) is 8.80. The Kier molecular flexibility index (Phi) is 5.56. The van der Waals surface area contributed by atoms with Crippen LogP contribution < -0.4 is 15.1 Å². The number of carbonyl (C=O) groups is 1. The van der Waals surface area contributed by atoms with Crippen LogP contribution in [0.3, 0.4) is 0 Å². The smallest absolute Gasteiger partial charge is 0.257 e. The molecule has 1 N–H and O–H groups in total. The quantitative estimate of drug-likeness (QED) is 0.507. The van der Waals surface area contributed by atoms with Crippen molar-refractivity contribution in [2.45, 2.75) is 0 Å². The molecule has 7 nitrogen and oxygen atoms in total. The van der Waals surface area contributed by atoms with Gasteiger partial charge in [0.2, 0.25) is 5.95 Å². The molecule has 8 heteroatoms. The lowest BCUT2D eigenvalue weighted by molar-refractivity contribution is 0.102. The summed E-state index contributed by atoms with van der Waals surface area (Å²) in [6, 6.07) is 16.8. The lowest BCUT2D eigenvalue weighted by Crippen LogP contribution is -2.47.